The Labute approximate surface area is 141 Å². The summed E-state index contributed by atoms with van der Waals surface area (Å²) in [7, 11) is 1.89. The number of para-hydroxylation sites is 1. The number of aryl methyl sites for hydroxylation is 2. The number of nitrogens with one attached hydrogen (secondary N) is 1. The van der Waals surface area contributed by atoms with Gasteiger partial charge in [0.15, 0.2) is 0 Å². The van der Waals surface area contributed by atoms with E-state index in [1.807, 2.05) is 42.1 Å². The van der Waals surface area contributed by atoms with Crippen LogP contribution in [0.3, 0.4) is 0 Å². The molecule has 3 rings (SSSR count). The highest BCUT2D eigenvalue weighted by Crippen LogP contribution is 2.28. The van der Waals surface area contributed by atoms with Gasteiger partial charge in [0.25, 0.3) is 5.56 Å². The molecule has 0 atom stereocenters. The molecule has 5 nitrogen and oxygen atoms in total. The fraction of sp³-hybridized carbons (Fsp3) is 0.368. The van der Waals surface area contributed by atoms with Crippen molar-refractivity contribution in [1.82, 2.24) is 14.5 Å². The smallest absolute Gasteiger partial charge is 0.275 e. The molecule has 3 aromatic rings. The maximum absolute atomic E-state index is 12.6. The summed E-state index contributed by atoms with van der Waals surface area (Å²) in [6.07, 6.45) is 4.84. The van der Waals surface area contributed by atoms with Crippen LogP contribution in [-0.4, -0.2) is 21.1 Å². The van der Waals surface area contributed by atoms with Gasteiger partial charge in [0, 0.05) is 13.2 Å². The summed E-state index contributed by atoms with van der Waals surface area (Å²) in [6, 6.07) is 7.69. The molecule has 24 heavy (non-hydrogen) atoms. The third-order valence-corrected chi connectivity index (χ3v) is 4.02. The maximum atomic E-state index is 12.6. The molecule has 0 aliphatic rings. The second kappa shape index (κ2) is 6.91. The average molecular weight is 325 g/mol. The Balaban J connectivity index is 2.18. The normalized spacial score (nSPS) is 11.1. The first-order valence-corrected chi connectivity index (χ1v) is 8.46. The molecule has 1 aromatic carbocycles. The highest BCUT2D eigenvalue weighted by Gasteiger charge is 2.15. The molecule has 0 fully saturated rings. The lowest BCUT2D eigenvalue weighted by atomic mass is 10.1. The number of rotatable bonds is 6. The molecule has 0 aliphatic carbocycles. The van der Waals surface area contributed by atoms with Gasteiger partial charge in [-0.2, -0.15) is 0 Å². The van der Waals surface area contributed by atoms with Gasteiger partial charge in [0.2, 0.25) is 0 Å². The summed E-state index contributed by atoms with van der Waals surface area (Å²) < 4.78 is 7.66. The Bertz CT molecular complexity index is 909. The SMILES string of the molecule is CCCOc1ccccc1-c1nc2c(CCC)cn(C)c2c(=O)[nH]1. The van der Waals surface area contributed by atoms with Gasteiger partial charge in [0.05, 0.1) is 17.7 Å². The van der Waals surface area contributed by atoms with Gasteiger partial charge in [-0.3, -0.25) is 4.79 Å². The lowest BCUT2D eigenvalue weighted by Crippen LogP contribution is -2.12. The minimum Gasteiger partial charge on any atom is -0.493 e. The maximum Gasteiger partial charge on any atom is 0.275 e. The fourth-order valence-corrected chi connectivity index (χ4v) is 2.96. The van der Waals surface area contributed by atoms with Crippen LogP contribution in [0.25, 0.3) is 22.4 Å². The third kappa shape index (κ3) is 2.94. The van der Waals surface area contributed by atoms with E-state index < -0.39 is 0 Å². The van der Waals surface area contributed by atoms with Crippen molar-refractivity contribution in [2.45, 2.75) is 33.1 Å². The molecule has 126 valence electrons. The third-order valence-electron chi connectivity index (χ3n) is 4.02. The van der Waals surface area contributed by atoms with Crippen molar-refractivity contribution in [3.05, 3.63) is 46.4 Å². The highest BCUT2D eigenvalue weighted by molar-refractivity contribution is 5.81. The quantitative estimate of drug-likeness (QED) is 0.752. The minimum absolute atomic E-state index is 0.120. The van der Waals surface area contributed by atoms with Crippen molar-refractivity contribution >= 4 is 11.0 Å². The molecule has 0 radical (unpaired) electrons. The Morgan fingerprint density at radius 1 is 1.21 bits per heavy atom. The molecule has 0 bridgehead atoms. The number of aromatic nitrogens is 3. The zero-order valence-corrected chi connectivity index (χ0v) is 14.4. The number of hydrogen-bond donors (Lipinski definition) is 1. The van der Waals surface area contributed by atoms with E-state index in [1.165, 1.54) is 0 Å². The van der Waals surface area contributed by atoms with Crippen molar-refractivity contribution in [2.75, 3.05) is 6.61 Å². The first kappa shape index (κ1) is 16.3. The van der Waals surface area contributed by atoms with Crippen LogP contribution in [0.2, 0.25) is 0 Å². The number of H-pyrrole nitrogens is 1. The predicted octanol–water partition coefficient (Wildman–Crippen LogP) is 3.67. The van der Waals surface area contributed by atoms with Gasteiger partial charge in [-0.05, 0) is 30.5 Å². The van der Waals surface area contributed by atoms with E-state index in [9.17, 15) is 4.79 Å². The molecule has 0 aliphatic heterocycles. The van der Waals surface area contributed by atoms with Crippen molar-refractivity contribution in [1.29, 1.82) is 0 Å². The van der Waals surface area contributed by atoms with Crippen LogP contribution in [0.4, 0.5) is 0 Å². The molecular weight excluding hydrogens is 302 g/mol. The molecule has 2 heterocycles. The Morgan fingerprint density at radius 3 is 2.75 bits per heavy atom. The molecule has 0 saturated carbocycles. The zero-order chi connectivity index (χ0) is 17.1. The van der Waals surface area contributed by atoms with Gasteiger partial charge in [-0.25, -0.2) is 4.98 Å². The van der Waals surface area contributed by atoms with Crippen LogP contribution in [-0.2, 0) is 13.5 Å². The van der Waals surface area contributed by atoms with Gasteiger partial charge >= 0.3 is 0 Å². The Morgan fingerprint density at radius 2 is 2.00 bits per heavy atom. The van der Waals surface area contributed by atoms with Crippen molar-refractivity contribution in [2.24, 2.45) is 7.05 Å². The molecule has 2 aromatic heterocycles. The van der Waals surface area contributed by atoms with Crippen molar-refractivity contribution in [3.8, 4) is 17.1 Å². The summed E-state index contributed by atoms with van der Waals surface area (Å²) in [6.45, 7) is 4.83. The summed E-state index contributed by atoms with van der Waals surface area (Å²) in [5, 5.41) is 0. The lowest BCUT2D eigenvalue weighted by molar-refractivity contribution is 0.318. The van der Waals surface area contributed by atoms with Crippen LogP contribution < -0.4 is 10.3 Å². The van der Waals surface area contributed by atoms with E-state index in [-0.39, 0.29) is 5.56 Å². The van der Waals surface area contributed by atoms with E-state index in [2.05, 4.69) is 18.8 Å². The first-order chi connectivity index (χ1) is 11.7. The molecule has 0 spiro atoms. The van der Waals surface area contributed by atoms with Crippen LogP contribution in [0, 0.1) is 0 Å². The lowest BCUT2D eigenvalue weighted by Gasteiger charge is -2.10. The molecule has 0 saturated heterocycles. The standard InChI is InChI=1S/C19H23N3O2/c1-4-8-13-12-22(3)17-16(13)20-18(21-19(17)23)14-9-6-7-10-15(14)24-11-5-2/h6-7,9-10,12H,4-5,8,11H2,1-3H3,(H,20,21,23). The number of nitrogens with zero attached hydrogens (tertiary/aromatic N) is 2. The van der Waals surface area contributed by atoms with Crippen molar-refractivity contribution in [3.63, 3.8) is 0 Å². The summed E-state index contributed by atoms with van der Waals surface area (Å²) in [4.78, 5) is 20.2. The summed E-state index contributed by atoms with van der Waals surface area (Å²) >= 11 is 0. The Kier molecular flexibility index (Phi) is 4.69. The summed E-state index contributed by atoms with van der Waals surface area (Å²) in [5.41, 5.74) is 3.20. The second-order valence-electron chi connectivity index (χ2n) is 5.97. The number of benzene rings is 1. The molecule has 1 N–H and O–H groups in total. The van der Waals surface area contributed by atoms with E-state index in [0.717, 1.165) is 41.7 Å². The predicted molar refractivity (Wildman–Crippen MR) is 96.6 cm³/mol. The number of aromatic amines is 1. The molecule has 0 unspecified atom stereocenters. The van der Waals surface area contributed by atoms with Crippen LogP contribution in [0.1, 0.15) is 32.3 Å². The zero-order valence-electron chi connectivity index (χ0n) is 14.4. The summed E-state index contributed by atoms with van der Waals surface area (Å²) in [5.74, 6) is 1.30. The van der Waals surface area contributed by atoms with Crippen LogP contribution in [0.15, 0.2) is 35.3 Å². The van der Waals surface area contributed by atoms with Gasteiger partial charge in [0.1, 0.15) is 17.1 Å². The second-order valence-corrected chi connectivity index (χ2v) is 5.97. The molecule has 5 heteroatoms. The van der Waals surface area contributed by atoms with Crippen molar-refractivity contribution < 1.29 is 4.74 Å². The van der Waals surface area contributed by atoms with Gasteiger partial charge < -0.3 is 14.3 Å². The number of hydrogen-bond acceptors (Lipinski definition) is 3. The van der Waals surface area contributed by atoms with Crippen LogP contribution in [0.5, 0.6) is 5.75 Å². The number of ether oxygens (including phenoxy) is 1. The number of fused-ring (bicyclic) bond motifs is 1. The first-order valence-electron chi connectivity index (χ1n) is 8.46. The van der Waals surface area contributed by atoms with Gasteiger partial charge in [-0.15, -0.1) is 0 Å². The topological polar surface area (TPSA) is 59.9 Å². The molecular formula is C19H23N3O2. The monoisotopic (exact) mass is 325 g/mol. The van der Waals surface area contributed by atoms with Gasteiger partial charge in [-0.1, -0.05) is 32.4 Å². The minimum atomic E-state index is -0.120. The fourth-order valence-electron chi connectivity index (χ4n) is 2.96. The largest absolute Gasteiger partial charge is 0.493 e. The van der Waals surface area contributed by atoms with E-state index in [1.54, 1.807) is 0 Å². The highest BCUT2D eigenvalue weighted by atomic mass is 16.5. The van der Waals surface area contributed by atoms with E-state index in [4.69, 9.17) is 9.72 Å². The van der Waals surface area contributed by atoms with E-state index in [0.29, 0.717) is 17.9 Å². The van der Waals surface area contributed by atoms with Crippen LogP contribution >= 0.6 is 0 Å². The Hall–Kier alpha value is -2.56. The average Bonchev–Trinajstić information content (AvgIpc) is 2.90. The molecule has 0 amide bonds. The van der Waals surface area contributed by atoms with E-state index >= 15 is 0 Å².